The van der Waals surface area contributed by atoms with E-state index in [4.69, 9.17) is 0 Å². The summed E-state index contributed by atoms with van der Waals surface area (Å²) >= 11 is 0. The Hall–Kier alpha value is -3.48. The zero-order chi connectivity index (χ0) is 21.0. The Morgan fingerprint density at radius 3 is 2.31 bits per heavy atom. The van der Waals surface area contributed by atoms with E-state index in [1.54, 1.807) is 55.5 Å². The number of hydrogen-bond acceptors (Lipinski definition) is 4. The lowest BCUT2D eigenvalue weighted by atomic mass is 9.92. The fourth-order valence-electron chi connectivity index (χ4n) is 3.23. The summed E-state index contributed by atoms with van der Waals surface area (Å²) in [7, 11) is 0. The van der Waals surface area contributed by atoms with Gasteiger partial charge >= 0.3 is 6.03 Å². The molecule has 0 spiro atoms. The number of carbonyl (C=O) groups excluding carboxylic acids is 4. The maximum absolute atomic E-state index is 12.9. The molecule has 0 aromatic heterocycles. The summed E-state index contributed by atoms with van der Waals surface area (Å²) in [6.45, 7) is 3.19. The van der Waals surface area contributed by atoms with Crippen molar-refractivity contribution in [2.24, 2.45) is 0 Å². The number of hydrogen-bond donors (Lipinski definition) is 2. The quantitative estimate of drug-likeness (QED) is 0.558. The minimum Gasteiger partial charge on any atom is -0.326 e. The van der Waals surface area contributed by atoms with Gasteiger partial charge in [0.05, 0.1) is 6.54 Å². The van der Waals surface area contributed by atoms with Crippen molar-refractivity contribution in [3.05, 3.63) is 65.7 Å². The minimum absolute atomic E-state index is 0.0916. The smallest absolute Gasteiger partial charge is 0.325 e. The van der Waals surface area contributed by atoms with Gasteiger partial charge in [-0.3, -0.25) is 19.3 Å². The molecule has 0 saturated carbocycles. The van der Waals surface area contributed by atoms with Crippen LogP contribution in [0.4, 0.5) is 10.5 Å². The van der Waals surface area contributed by atoms with Crippen LogP contribution in [0.25, 0.3) is 0 Å². The van der Waals surface area contributed by atoms with Crippen molar-refractivity contribution in [1.29, 1.82) is 0 Å². The second-order valence-corrected chi connectivity index (χ2v) is 7.11. The average molecular weight is 393 g/mol. The Morgan fingerprint density at radius 2 is 1.69 bits per heavy atom. The van der Waals surface area contributed by atoms with Crippen LogP contribution in [-0.2, 0) is 15.1 Å². The summed E-state index contributed by atoms with van der Waals surface area (Å²) in [5.41, 5.74) is 0.394. The van der Waals surface area contributed by atoms with Crippen LogP contribution in [0.15, 0.2) is 54.6 Å². The highest BCUT2D eigenvalue weighted by molar-refractivity contribution is 6.11. The molecular weight excluding hydrogens is 370 g/mol. The van der Waals surface area contributed by atoms with Crippen LogP contribution in [0.1, 0.15) is 42.6 Å². The highest BCUT2D eigenvalue weighted by Gasteiger charge is 2.49. The summed E-state index contributed by atoms with van der Waals surface area (Å²) in [4.78, 5) is 50.5. The second-order valence-electron chi connectivity index (χ2n) is 7.11. The minimum atomic E-state index is -1.20. The number of Topliss-reactive ketones (excluding diaryl/α,β-unsaturated/α-hetero) is 1. The fourth-order valence-corrected chi connectivity index (χ4v) is 3.23. The predicted molar refractivity (Wildman–Crippen MR) is 108 cm³/mol. The maximum atomic E-state index is 12.9. The summed E-state index contributed by atoms with van der Waals surface area (Å²) < 4.78 is 0. The first-order chi connectivity index (χ1) is 13.8. The van der Waals surface area contributed by atoms with Crippen LogP contribution < -0.4 is 10.6 Å². The Labute approximate surface area is 169 Å². The number of urea groups is 1. The van der Waals surface area contributed by atoms with E-state index in [1.165, 1.54) is 0 Å². The van der Waals surface area contributed by atoms with E-state index in [1.807, 2.05) is 13.0 Å². The zero-order valence-electron chi connectivity index (χ0n) is 16.4. The molecule has 4 amide bonds. The normalized spacial score (nSPS) is 18.5. The summed E-state index contributed by atoms with van der Waals surface area (Å²) in [5, 5.41) is 5.43. The molecule has 1 aliphatic heterocycles. The molecule has 29 heavy (non-hydrogen) atoms. The largest absolute Gasteiger partial charge is 0.326 e. The van der Waals surface area contributed by atoms with Gasteiger partial charge in [-0.15, -0.1) is 0 Å². The van der Waals surface area contributed by atoms with Gasteiger partial charge in [0.25, 0.3) is 5.91 Å². The zero-order valence-corrected chi connectivity index (χ0v) is 16.4. The van der Waals surface area contributed by atoms with Crippen LogP contribution in [-0.4, -0.2) is 35.1 Å². The molecular formula is C22H23N3O4. The van der Waals surface area contributed by atoms with Crippen molar-refractivity contribution < 1.29 is 19.2 Å². The number of anilines is 1. The highest BCUT2D eigenvalue weighted by Crippen LogP contribution is 2.28. The van der Waals surface area contributed by atoms with Crippen molar-refractivity contribution in [2.45, 2.75) is 32.2 Å². The fraction of sp³-hybridized carbons (Fsp3) is 0.273. The third-order valence-electron chi connectivity index (χ3n) is 4.90. The molecule has 0 radical (unpaired) electrons. The van der Waals surface area contributed by atoms with E-state index in [-0.39, 0.29) is 18.2 Å². The van der Waals surface area contributed by atoms with Crippen LogP contribution in [0.3, 0.4) is 0 Å². The first kappa shape index (κ1) is 20.3. The topological polar surface area (TPSA) is 95.6 Å². The monoisotopic (exact) mass is 393 g/mol. The summed E-state index contributed by atoms with van der Waals surface area (Å²) in [6.07, 6.45) is 1.17. The van der Waals surface area contributed by atoms with Gasteiger partial charge in [-0.2, -0.15) is 0 Å². The SMILES string of the molecule is CCCC(=O)Nc1ccc(C(=O)CN2C(=O)N[C@](C)(c3ccccc3)C2=O)cc1. The van der Waals surface area contributed by atoms with Crippen LogP contribution in [0.5, 0.6) is 0 Å². The highest BCUT2D eigenvalue weighted by atomic mass is 16.2. The molecule has 7 heteroatoms. The van der Waals surface area contributed by atoms with E-state index in [0.29, 0.717) is 23.2 Å². The lowest BCUT2D eigenvalue weighted by molar-refractivity contribution is -0.130. The number of amides is 4. The predicted octanol–water partition coefficient (Wildman–Crippen LogP) is 3.08. The van der Waals surface area contributed by atoms with Gasteiger partial charge in [0, 0.05) is 17.7 Å². The maximum Gasteiger partial charge on any atom is 0.325 e. The Morgan fingerprint density at radius 1 is 1.03 bits per heavy atom. The van der Waals surface area contributed by atoms with Crippen molar-refractivity contribution in [1.82, 2.24) is 10.2 Å². The van der Waals surface area contributed by atoms with Crippen molar-refractivity contribution in [3.63, 3.8) is 0 Å². The van der Waals surface area contributed by atoms with E-state index in [9.17, 15) is 19.2 Å². The third-order valence-corrected chi connectivity index (χ3v) is 4.90. The lowest BCUT2D eigenvalue weighted by Gasteiger charge is -2.22. The first-order valence-corrected chi connectivity index (χ1v) is 9.48. The molecule has 2 N–H and O–H groups in total. The van der Waals surface area contributed by atoms with Gasteiger partial charge < -0.3 is 10.6 Å². The number of imide groups is 1. The molecule has 150 valence electrons. The average Bonchev–Trinajstić information content (AvgIpc) is 2.93. The first-order valence-electron chi connectivity index (χ1n) is 9.48. The van der Waals surface area contributed by atoms with Crippen molar-refractivity contribution >= 4 is 29.3 Å². The number of carbonyl (C=O) groups is 4. The van der Waals surface area contributed by atoms with Crippen molar-refractivity contribution in [3.8, 4) is 0 Å². The van der Waals surface area contributed by atoms with E-state index in [2.05, 4.69) is 10.6 Å². The van der Waals surface area contributed by atoms with Crippen LogP contribution in [0.2, 0.25) is 0 Å². The van der Waals surface area contributed by atoms with Gasteiger partial charge in [0.2, 0.25) is 5.91 Å². The van der Waals surface area contributed by atoms with E-state index < -0.39 is 17.5 Å². The van der Waals surface area contributed by atoms with E-state index in [0.717, 1.165) is 11.3 Å². The number of ketones is 1. The van der Waals surface area contributed by atoms with Crippen LogP contribution >= 0.6 is 0 Å². The molecule has 1 aliphatic rings. The molecule has 0 aliphatic carbocycles. The molecule has 1 heterocycles. The standard InChI is InChI=1S/C22H23N3O4/c1-3-7-19(27)23-17-12-10-15(11-13-17)18(26)14-25-20(28)22(2,24-21(25)29)16-8-5-4-6-9-16/h4-6,8-13H,3,7,14H2,1-2H3,(H,23,27)(H,24,29)/t22-/m1/s1. The molecule has 0 bridgehead atoms. The van der Waals surface area contributed by atoms with Gasteiger partial charge in [-0.1, -0.05) is 37.3 Å². The Balaban J connectivity index is 1.70. The Bertz CT molecular complexity index is 940. The molecule has 7 nitrogen and oxygen atoms in total. The van der Waals surface area contributed by atoms with Gasteiger partial charge in [0.1, 0.15) is 5.54 Å². The number of benzene rings is 2. The number of rotatable bonds is 7. The lowest BCUT2D eigenvalue weighted by Crippen LogP contribution is -2.41. The molecule has 0 unspecified atom stereocenters. The third kappa shape index (κ3) is 4.18. The molecule has 2 aromatic carbocycles. The molecule has 1 fully saturated rings. The van der Waals surface area contributed by atoms with Gasteiger partial charge in [-0.05, 0) is 43.2 Å². The van der Waals surface area contributed by atoms with Crippen molar-refractivity contribution in [2.75, 3.05) is 11.9 Å². The number of nitrogens with one attached hydrogen (secondary N) is 2. The molecule has 2 aromatic rings. The van der Waals surface area contributed by atoms with E-state index >= 15 is 0 Å². The number of nitrogens with zero attached hydrogens (tertiary/aromatic N) is 1. The summed E-state index contributed by atoms with van der Waals surface area (Å²) in [6, 6.07) is 14.7. The van der Waals surface area contributed by atoms with Gasteiger partial charge in [0.15, 0.2) is 5.78 Å². The van der Waals surface area contributed by atoms with Gasteiger partial charge in [-0.25, -0.2) is 4.79 Å². The van der Waals surface area contributed by atoms with Crippen LogP contribution in [0, 0.1) is 0 Å². The molecule has 3 rings (SSSR count). The molecule has 1 saturated heterocycles. The second kappa shape index (κ2) is 8.26. The summed E-state index contributed by atoms with van der Waals surface area (Å²) in [5.74, 6) is -0.922. The Kier molecular flexibility index (Phi) is 5.77. The molecule has 1 atom stereocenters.